The molecule has 0 unspecified atom stereocenters. The van der Waals surface area contributed by atoms with Gasteiger partial charge in [-0.15, -0.1) is 6.42 Å². The maximum Gasteiger partial charge on any atom is 0.318 e. The summed E-state index contributed by atoms with van der Waals surface area (Å²) >= 11 is 0. The van der Waals surface area contributed by atoms with Crippen LogP contribution in [0, 0.1) is 18.3 Å². The molecule has 1 heterocycles. The van der Waals surface area contributed by atoms with E-state index in [1.807, 2.05) is 0 Å². The van der Waals surface area contributed by atoms with Crippen molar-refractivity contribution in [2.75, 3.05) is 26.3 Å². The number of terminal acetylenes is 1. The number of rotatable bonds is 2. The van der Waals surface area contributed by atoms with E-state index in [9.17, 15) is 4.79 Å². The van der Waals surface area contributed by atoms with Gasteiger partial charge in [0.2, 0.25) is 0 Å². The SMILES string of the molecule is C#C[C@@H](NC(=O)N1CCOCC1)C1CCCCC1. The standard InChI is InChI=1S/C14H22N2O2/c1-2-13(12-6-4-3-5-7-12)15-14(17)16-8-10-18-11-9-16/h1,12-13H,3-11H2,(H,15,17)/t13-/m1/s1. The third-order valence-corrected chi connectivity index (χ3v) is 3.88. The van der Waals surface area contributed by atoms with Crippen LogP contribution in [0.25, 0.3) is 0 Å². The van der Waals surface area contributed by atoms with Gasteiger partial charge in [-0.2, -0.15) is 0 Å². The lowest BCUT2D eigenvalue weighted by Crippen LogP contribution is -2.50. The van der Waals surface area contributed by atoms with Crippen LogP contribution in [0.1, 0.15) is 32.1 Å². The summed E-state index contributed by atoms with van der Waals surface area (Å²) in [4.78, 5) is 13.9. The van der Waals surface area contributed by atoms with Crippen LogP contribution in [-0.2, 0) is 4.74 Å². The van der Waals surface area contributed by atoms with Crippen LogP contribution in [0.15, 0.2) is 0 Å². The third-order valence-electron chi connectivity index (χ3n) is 3.88. The number of carbonyl (C=O) groups excluding carboxylic acids is 1. The third kappa shape index (κ3) is 3.39. The number of ether oxygens (including phenoxy) is 1. The van der Waals surface area contributed by atoms with Gasteiger partial charge in [0.15, 0.2) is 0 Å². The summed E-state index contributed by atoms with van der Waals surface area (Å²) in [5, 5.41) is 3.00. The zero-order valence-electron chi connectivity index (χ0n) is 10.9. The molecule has 0 radical (unpaired) electrons. The molecule has 18 heavy (non-hydrogen) atoms. The first-order valence-corrected chi connectivity index (χ1v) is 6.90. The van der Waals surface area contributed by atoms with Crippen molar-refractivity contribution in [3.63, 3.8) is 0 Å². The minimum atomic E-state index is -0.111. The van der Waals surface area contributed by atoms with Crippen molar-refractivity contribution < 1.29 is 9.53 Å². The van der Waals surface area contributed by atoms with E-state index in [0.29, 0.717) is 32.2 Å². The maximum absolute atomic E-state index is 12.1. The van der Waals surface area contributed by atoms with E-state index in [1.165, 1.54) is 19.3 Å². The van der Waals surface area contributed by atoms with Gasteiger partial charge >= 0.3 is 6.03 Å². The highest BCUT2D eigenvalue weighted by atomic mass is 16.5. The zero-order valence-corrected chi connectivity index (χ0v) is 10.9. The second-order valence-corrected chi connectivity index (χ2v) is 5.09. The summed E-state index contributed by atoms with van der Waals surface area (Å²) < 4.78 is 5.24. The Morgan fingerprint density at radius 3 is 2.56 bits per heavy atom. The van der Waals surface area contributed by atoms with E-state index < -0.39 is 0 Å². The normalized spacial score (nSPS) is 23.2. The molecule has 2 aliphatic rings. The second-order valence-electron chi connectivity index (χ2n) is 5.09. The van der Waals surface area contributed by atoms with E-state index in [4.69, 9.17) is 11.2 Å². The average molecular weight is 250 g/mol. The highest BCUT2D eigenvalue weighted by Crippen LogP contribution is 2.26. The van der Waals surface area contributed by atoms with Gasteiger partial charge in [0, 0.05) is 13.1 Å². The van der Waals surface area contributed by atoms with Crippen molar-refractivity contribution in [2.24, 2.45) is 5.92 Å². The Bertz CT molecular complexity index is 312. The zero-order chi connectivity index (χ0) is 12.8. The van der Waals surface area contributed by atoms with Crippen molar-refractivity contribution in [2.45, 2.75) is 38.1 Å². The van der Waals surface area contributed by atoms with Crippen LogP contribution in [0.5, 0.6) is 0 Å². The predicted octanol–water partition coefficient (Wildman–Crippen LogP) is 1.61. The smallest absolute Gasteiger partial charge is 0.318 e. The first-order chi connectivity index (χ1) is 8.81. The van der Waals surface area contributed by atoms with Crippen molar-refractivity contribution in [3.8, 4) is 12.3 Å². The fraction of sp³-hybridized carbons (Fsp3) is 0.786. The van der Waals surface area contributed by atoms with Crippen molar-refractivity contribution in [3.05, 3.63) is 0 Å². The lowest BCUT2D eigenvalue weighted by molar-refractivity contribution is 0.0523. The van der Waals surface area contributed by atoms with Gasteiger partial charge < -0.3 is 15.0 Å². The molecule has 1 N–H and O–H groups in total. The fourth-order valence-electron chi connectivity index (χ4n) is 2.75. The number of urea groups is 1. The van der Waals surface area contributed by atoms with E-state index in [2.05, 4.69) is 11.2 Å². The molecule has 1 saturated heterocycles. The number of nitrogens with zero attached hydrogens (tertiary/aromatic N) is 1. The molecule has 0 bridgehead atoms. The van der Waals surface area contributed by atoms with Gasteiger partial charge in [0.25, 0.3) is 0 Å². The van der Waals surface area contributed by atoms with Crippen LogP contribution in [0.4, 0.5) is 4.79 Å². The summed E-state index contributed by atoms with van der Waals surface area (Å²) in [7, 11) is 0. The van der Waals surface area contributed by atoms with Gasteiger partial charge in [-0.1, -0.05) is 25.2 Å². The molecule has 2 rings (SSSR count). The summed E-state index contributed by atoms with van der Waals surface area (Å²) in [6, 6.07) is -0.146. The first-order valence-electron chi connectivity index (χ1n) is 6.90. The highest BCUT2D eigenvalue weighted by molar-refractivity contribution is 5.75. The average Bonchev–Trinajstić information content (AvgIpc) is 2.46. The first kappa shape index (κ1) is 13.2. The monoisotopic (exact) mass is 250 g/mol. The Labute approximate surface area is 109 Å². The minimum absolute atomic E-state index is 0.0353. The summed E-state index contributed by atoms with van der Waals surface area (Å²) in [5.41, 5.74) is 0. The molecule has 1 saturated carbocycles. The summed E-state index contributed by atoms with van der Waals surface area (Å²) in [5.74, 6) is 3.20. The Hall–Kier alpha value is -1.21. The molecular formula is C14H22N2O2. The number of amides is 2. The van der Waals surface area contributed by atoms with Gasteiger partial charge in [-0.25, -0.2) is 4.79 Å². The Balaban J connectivity index is 1.85. The molecule has 4 nitrogen and oxygen atoms in total. The molecule has 0 aromatic heterocycles. The van der Waals surface area contributed by atoms with Gasteiger partial charge in [0.05, 0.1) is 19.3 Å². The fourth-order valence-corrected chi connectivity index (χ4v) is 2.75. The van der Waals surface area contributed by atoms with Crippen LogP contribution in [0.3, 0.4) is 0 Å². The van der Waals surface area contributed by atoms with Crippen LogP contribution >= 0.6 is 0 Å². The molecule has 1 aliphatic carbocycles. The molecule has 4 heteroatoms. The molecular weight excluding hydrogens is 228 g/mol. The Morgan fingerprint density at radius 2 is 1.94 bits per heavy atom. The topological polar surface area (TPSA) is 41.6 Å². The van der Waals surface area contributed by atoms with Gasteiger partial charge in [-0.3, -0.25) is 0 Å². The second kappa shape index (κ2) is 6.65. The van der Waals surface area contributed by atoms with E-state index in [0.717, 1.165) is 12.8 Å². The van der Waals surface area contributed by atoms with Crippen LogP contribution in [0.2, 0.25) is 0 Å². The summed E-state index contributed by atoms with van der Waals surface area (Å²) in [6.45, 7) is 2.57. The molecule has 1 aliphatic heterocycles. The number of carbonyl (C=O) groups is 1. The number of hydrogen-bond donors (Lipinski definition) is 1. The van der Waals surface area contributed by atoms with Crippen molar-refractivity contribution in [1.29, 1.82) is 0 Å². The van der Waals surface area contributed by atoms with Gasteiger partial charge in [0.1, 0.15) is 0 Å². The van der Waals surface area contributed by atoms with E-state index in [1.54, 1.807) is 4.90 Å². The Morgan fingerprint density at radius 1 is 1.28 bits per heavy atom. The number of morpholine rings is 1. The van der Waals surface area contributed by atoms with Crippen molar-refractivity contribution >= 4 is 6.03 Å². The quantitative estimate of drug-likeness (QED) is 0.757. The molecule has 0 spiro atoms. The molecule has 0 aromatic carbocycles. The predicted molar refractivity (Wildman–Crippen MR) is 70.1 cm³/mol. The minimum Gasteiger partial charge on any atom is -0.378 e. The van der Waals surface area contributed by atoms with Crippen LogP contribution < -0.4 is 5.32 Å². The van der Waals surface area contributed by atoms with Gasteiger partial charge in [-0.05, 0) is 18.8 Å². The molecule has 100 valence electrons. The Kier molecular flexibility index (Phi) is 4.89. The highest BCUT2D eigenvalue weighted by Gasteiger charge is 2.25. The summed E-state index contributed by atoms with van der Waals surface area (Å²) in [6.07, 6.45) is 11.6. The maximum atomic E-state index is 12.1. The molecule has 2 amide bonds. The van der Waals surface area contributed by atoms with Crippen LogP contribution in [-0.4, -0.2) is 43.3 Å². The van der Waals surface area contributed by atoms with E-state index >= 15 is 0 Å². The lowest BCUT2D eigenvalue weighted by Gasteiger charge is -2.31. The lowest BCUT2D eigenvalue weighted by atomic mass is 9.84. The number of hydrogen-bond acceptors (Lipinski definition) is 2. The van der Waals surface area contributed by atoms with E-state index in [-0.39, 0.29) is 12.1 Å². The number of nitrogens with one attached hydrogen (secondary N) is 1. The molecule has 2 fully saturated rings. The largest absolute Gasteiger partial charge is 0.378 e. The molecule has 0 aromatic rings. The van der Waals surface area contributed by atoms with Crippen molar-refractivity contribution in [1.82, 2.24) is 10.2 Å². The molecule has 1 atom stereocenters.